The van der Waals surface area contributed by atoms with Gasteiger partial charge in [0.05, 0.1) is 35.4 Å². The van der Waals surface area contributed by atoms with Crippen LogP contribution in [-0.2, 0) is 28.6 Å². The second-order valence-corrected chi connectivity index (χ2v) is 15.4. The maximum atomic E-state index is 13.8. The fourth-order valence-corrected chi connectivity index (χ4v) is 10.8. The Morgan fingerprint density at radius 2 is 1.41 bits per heavy atom. The molecule has 2 saturated heterocycles. The number of likely N-dealkylation sites (tertiary alicyclic amines) is 1. The van der Waals surface area contributed by atoms with E-state index in [0.29, 0.717) is 24.2 Å². The molecule has 6 bridgehead atoms. The van der Waals surface area contributed by atoms with Crippen molar-refractivity contribution in [2.75, 3.05) is 7.05 Å². The fourth-order valence-electron chi connectivity index (χ4n) is 10.8. The third kappa shape index (κ3) is 3.50. The molecule has 37 heavy (non-hydrogen) atoms. The molecule has 7 nitrogen and oxygen atoms in total. The van der Waals surface area contributed by atoms with E-state index < -0.39 is 24.0 Å². The summed E-state index contributed by atoms with van der Waals surface area (Å²) in [7, 11) is 2.21. The predicted molar refractivity (Wildman–Crippen MR) is 133 cm³/mol. The van der Waals surface area contributed by atoms with Crippen LogP contribution in [-0.4, -0.2) is 54.3 Å². The van der Waals surface area contributed by atoms with Gasteiger partial charge in [0.25, 0.3) is 0 Å². The molecule has 7 heteroatoms. The van der Waals surface area contributed by atoms with Crippen molar-refractivity contribution in [2.45, 2.75) is 115 Å². The summed E-state index contributed by atoms with van der Waals surface area (Å²) in [5.41, 5.74) is -0.397. The van der Waals surface area contributed by atoms with Gasteiger partial charge >= 0.3 is 17.9 Å². The number of piperidine rings is 1. The topological polar surface area (TPSA) is 83.3 Å². The van der Waals surface area contributed by atoms with Crippen molar-refractivity contribution in [3.63, 3.8) is 0 Å². The van der Waals surface area contributed by atoms with Crippen molar-refractivity contribution in [1.29, 1.82) is 0 Å². The van der Waals surface area contributed by atoms with Crippen molar-refractivity contribution in [1.82, 2.24) is 0 Å². The molecular formula is C30H44NO6+. The number of hydrogen-bond donors (Lipinski definition) is 1. The average Bonchev–Trinajstić information content (AvgIpc) is 3.40. The van der Waals surface area contributed by atoms with Gasteiger partial charge < -0.3 is 19.1 Å². The van der Waals surface area contributed by atoms with Crippen LogP contribution >= 0.6 is 0 Å². The van der Waals surface area contributed by atoms with Gasteiger partial charge in [0, 0.05) is 24.7 Å². The molecule has 8 rings (SSSR count). The third-order valence-corrected chi connectivity index (χ3v) is 12.3. The third-order valence-electron chi connectivity index (χ3n) is 12.3. The second kappa shape index (κ2) is 7.73. The van der Waals surface area contributed by atoms with Crippen LogP contribution in [0.15, 0.2) is 0 Å². The van der Waals surface area contributed by atoms with Crippen molar-refractivity contribution in [3.05, 3.63) is 0 Å². The molecular weight excluding hydrogens is 470 g/mol. The number of ether oxygens (including phenoxy) is 3. The standard InChI is InChI=1S/C30H43NO6/c1-28(2)13-18(14-29(3,4)31(28)5)35-25(32)21-20-9-19-22(21)26(33)36-23(19)24(20)37-27(34)30-10-15-6-16(11-30)8-17(7-15)12-30/h15-24H,6-14H2,1-5H3/p+1. The minimum absolute atomic E-state index is 0.0192. The van der Waals surface area contributed by atoms with Gasteiger partial charge in [-0.1, -0.05) is 0 Å². The van der Waals surface area contributed by atoms with Gasteiger partial charge in [-0.25, -0.2) is 0 Å². The zero-order valence-corrected chi connectivity index (χ0v) is 23.1. The van der Waals surface area contributed by atoms with Crippen molar-refractivity contribution in [2.24, 2.45) is 46.8 Å². The van der Waals surface area contributed by atoms with E-state index >= 15 is 0 Å². The SMILES string of the molecule is C[NH+]1C(C)(C)CC(OC(=O)C2C3CC4C(OC(=O)C42)C3OC(=O)C23CC4CC(CC(C4)C2)C3)CC1(C)C. The first-order valence-electron chi connectivity index (χ1n) is 14.8. The highest BCUT2D eigenvalue weighted by molar-refractivity contribution is 5.86. The lowest BCUT2D eigenvalue weighted by molar-refractivity contribution is -0.983. The fraction of sp³-hybridized carbons (Fsp3) is 0.900. The maximum Gasteiger partial charge on any atom is 0.312 e. The Balaban J connectivity index is 1.09. The molecule has 0 aromatic carbocycles. The van der Waals surface area contributed by atoms with E-state index in [1.54, 1.807) is 0 Å². The van der Waals surface area contributed by atoms with Crippen LogP contribution in [0.4, 0.5) is 0 Å². The van der Waals surface area contributed by atoms with Gasteiger partial charge in [-0.05, 0) is 90.4 Å². The van der Waals surface area contributed by atoms with E-state index in [1.165, 1.54) is 24.2 Å². The zero-order valence-electron chi connectivity index (χ0n) is 23.1. The molecule has 0 aromatic heterocycles. The molecule has 204 valence electrons. The van der Waals surface area contributed by atoms with E-state index in [4.69, 9.17) is 14.2 Å². The van der Waals surface area contributed by atoms with E-state index in [0.717, 1.165) is 32.1 Å². The summed E-state index contributed by atoms with van der Waals surface area (Å²) < 4.78 is 18.3. The number of rotatable bonds is 4. The smallest absolute Gasteiger partial charge is 0.312 e. The quantitative estimate of drug-likeness (QED) is 0.459. The Morgan fingerprint density at radius 1 is 0.838 bits per heavy atom. The summed E-state index contributed by atoms with van der Waals surface area (Å²) in [4.78, 5) is 41.9. The molecule has 0 aromatic rings. The molecule has 0 amide bonds. The Kier molecular flexibility index (Phi) is 5.10. The Labute approximate surface area is 220 Å². The lowest BCUT2D eigenvalue weighted by Crippen LogP contribution is -3.24. The molecule has 6 unspecified atom stereocenters. The van der Waals surface area contributed by atoms with Crippen molar-refractivity contribution < 1.29 is 33.5 Å². The van der Waals surface area contributed by atoms with Crippen LogP contribution in [0.3, 0.4) is 0 Å². The molecule has 6 aliphatic carbocycles. The van der Waals surface area contributed by atoms with E-state index in [2.05, 4.69) is 34.7 Å². The highest BCUT2D eigenvalue weighted by atomic mass is 16.6. The molecule has 0 spiro atoms. The molecule has 6 atom stereocenters. The molecule has 8 fully saturated rings. The number of nitrogens with one attached hydrogen (secondary N) is 1. The first-order chi connectivity index (χ1) is 17.4. The second-order valence-electron chi connectivity index (χ2n) is 15.4. The predicted octanol–water partition coefficient (Wildman–Crippen LogP) is 2.70. The largest absolute Gasteiger partial charge is 0.462 e. The highest BCUT2D eigenvalue weighted by Gasteiger charge is 2.71. The minimum atomic E-state index is -0.566. The van der Waals surface area contributed by atoms with E-state index in [-0.39, 0.29) is 52.3 Å². The summed E-state index contributed by atoms with van der Waals surface area (Å²) in [6, 6.07) is 0. The van der Waals surface area contributed by atoms with E-state index in [9.17, 15) is 14.4 Å². The van der Waals surface area contributed by atoms with Crippen LogP contribution in [0.1, 0.15) is 85.5 Å². The summed E-state index contributed by atoms with van der Waals surface area (Å²) in [6.07, 6.45) is 7.83. The van der Waals surface area contributed by atoms with Crippen molar-refractivity contribution >= 4 is 17.9 Å². The number of fused-ring (bicyclic) bond motifs is 1. The molecule has 2 heterocycles. The minimum Gasteiger partial charge on any atom is -0.462 e. The number of carbonyl (C=O) groups is 3. The van der Waals surface area contributed by atoms with Gasteiger partial charge in [-0.15, -0.1) is 0 Å². The number of carbonyl (C=O) groups excluding carboxylic acids is 3. The van der Waals surface area contributed by atoms with Crippen molar-refractivity contribution in [3.8, 4) is 0 Å². The van der Waals surface area contributed by atoms with Crippen LogP contribution < -0.4 is 4.90 Å². The average molecular weight is 515 g/mol. The highest BCUT2D eigenvalue weighted by Crippen LogP contribution is 2.62. The first-order valence-corrected chi connectivity index (χ1v) is 14.8. The maximum absolute atomic E-state index is 13.8. The van der Waals surface area contributed by atoms with E-state index in [1.807, 2.05) is 0 Å². The monoisotopic (exact) mass is 514 g/mol. The number of quaternary nitrogens is 1. The zero-order chi connectivity index (χ0) is 26.1. The van der Waals surface area contributed by atoms with Crippen LogP contribution in [0, 0.1) is 46.8 Å². The van der Waals surface area contributed by atoms with Gasteiger partial charge in [-0.2, -0.15) is 0 Å². The Bertz CT molecular complexity index is 980. The molecule has 0 radical (unpaired) electrons. The van der Waals surface area contributed by atoms with Crippen LogP contribution in [0.2, 0.25) is 0 Å². The van der Waals surface area contributed by atoms with Crippen LogP contribution in [0.25, 0.3) is 0 Å². The van der Waals surface area contributed by atoms with Gasteiger partial charge in [-0.3, -0.25) is 14.4 Å². The van der Waals surface area contributed by atoms with Gasteiger partial charge in [0.1, 0.15) is 18.3 Å². The Hall–Kier alpha value is -1.63. The molecule has 6 saturated carbocycles. The van der Waals surface area contributed by atoms with Gasteiger partial charge in [0.15, 0.2) is 0 Å². The first kappa shape index (κ1) is 24.4. The summed E-state index contributed by atoms with van der Waals surface area (Å²) in [5, 5.41) is 0. The van der Waals surface area contributed by atoms with Gasteiger partial charge in [0.2, 0.25) is 0 Å². The Morgan fingerprint density at radius 3 is 1.97 bits per heavy atom. The summed E-state index contributed by atoms with van der Waals surface area (Å²) >= 11 is 0. The summed E-state index contributed by atoms with van der Waals surface area (Å²) in [5.74, 6) is 0.0355. The lowest BCUT2D eigenvalue weighted by Gasteiger charge is -2.55. The summed E-state index contributed by atoms with van der Waals surface area (Å²) in [6.45, 7) is 8.89. The lowest BCUT2D eigenvalue weighted by atomic mass is 9.49. The normalized spacial score (nSPS) is 51.7. The molecule has 1 N–H and O–H groups in total. The number of esters is 3. The molecule has 8 aliphatic rings. The molecule has 2 aliphatic heterocycles. The number of hydrogen-bond acceptors (Lipinski definition) is 6. The van der Waals surface area contributed by atoms with Crippen LogP contribution in [0.5, 0.6) is 0 Å².